The maximum atomic E-state index is 12.6. The highest BCUT2D eigenvalue weighted by Gasteiger charge is 2.56. The van der Waals surface area contributed by atoms with Gasteiger partial charge in [0.15, 0.2) is 0 Å². The number of rotatable bonds is 2. The fourth-order valence-corrected chi connectivity index (χ4v) is 5.54. The van der Waals surface area contributed by atoms with E-state index in [2.05, 4.69) is 10.3 Å². The molecule has 1 aliphatic carbocycles. The molecule has 0 bridgehead atoms. The number of pyridine rings is 1. The van der Waals surface area contributed by atoms with Crippen LogP contribution in [0.4, 0.5) is 18.0 Å². The molecule has 1 aromatic heterocycles. The first-order valence-corrected chi connectivity index (χ1v) is 10.0. The van der Waals surface area contributed by atoms with Crippen LogP contribution >= 0.6 is 0 Å². The van der Waals surface area contributed by atoms with Crippen molar-refractivity contribution in [1.29, 1.82) is 0 Å². The van der Waals surface area contributed by atoms with Gasteiger partial charge in [0.25, 0.3) is 0 Å². The molecule has 3 aliphatic heterocycles. The number of hydrogen-bond donors (Lipinski definition) is 1. The van der Waals surface area contributed by atoms with Crippen molar-refractivity contribution in [2.45, 2.75) is 43.8 Å². The molecular weight excluding hydrogens is 385 g/mol. The lowest BCUT2D eigenvalue weighted by atomic mass is 9.56. The summed E-state index contributed by atoms with van der Waals surface area (Å²) in [6, 6.07) is 2.61. The number of alkyl halides is 3. The Morgan fingerprint density at radius 3 is 2.41 bits per heavy atom. The Bertz CT molecular complexity index is 834. The second kappa shape index (κ2) is 6.09. The summed E-state index contributed by atoms with van der Waals surface area (Å²) in [5, 5.41) is 2.99. The number of urea groups is 1. The van der Waals surface area contributed by atoms with Gasteiger partial charge in [-0.15, -0.1) is 0 Å². The number of likely N-dealkylation sites (tertiary alicyclic amines) is 2. The van der Waals surface area contributed by atoms with Crippen LogP contribution in [0.2, 0.25) is 0 Å². The van der Waals surface area contributed by atoms with Crippen molar-refractivity contribution in [2.75, 3.05) is 26.2 Å². The highest BCUT2D eigenvalue weighted by Crippen LogP contribution is 2.53. The Kier molecular flexibility index (Phi) is 3.93. The third-order valence-electron chi connectivity index (χ3n) is 6.90. The predicted molar refractivity (Wildman–Crippen MR) is 96.7 cm³/mol. The molecule has 0 aromatic carbocycles. The molecule has 1 N–H and O–H groups in total. The van der Waals surface area contributed by atoms with E-state index in [0.29, 0.717) is 25.4 Å². The minimum absolute atomic E-state index is 0.0535. The third-order valence-corrected chi connectivity index (χ3v) is 6.90. The highest BCUT2D eigenvalue weighted by molar-refractivity contribution is 5.82. The topological polar surface area (TPSA) is 65.5 Å². The summed E-state index contributed by atoms with van der Waals surface area (Å²) in [5.74, 6) is 0.510. The SMILES string of the molecule is O=C1CCC2(CN(C(=O)N3CC4(CC(Cc5ccc(C(F)(F)F)nc5)C4)C3)C2)N1. The zero-order valence-corrected chi connectivity index (χ0v) is 16.0. The summed E-state index contributed by atoms with van der Waals surface area (Å²) in [5.41, 5.74) is -0.0323. The summed E-state index contributed by atoms with van der Waals surface area (Å²) in [7, 11) is 0. The summed E-state index contributed by atoms with van der Waals surface area (Å²) in [6.45, 7) is 2.71. The molecule has 29 heavy (non-hydrogen) atoms. The van der Waals surface area contributed by atoms with E-state index in [-0.39, 0.29) is 22.9 Å². The van der Waals surface area contributed by atoms with Gasteiger partial charge in [0, 0.05) is 44.2 Å². The second-order valence-electron chi connectivity index (χ2n) is 9.35. The van der Waals surface area contributed by atoms with Crippen LogP contribution in [-0.2, 0) is 17.4 Å². The lowest BCUT2D eigenvalue weighted by Gasteiger charge is -2.61. The van der Waals surface area contributed by atoms with E-state index in [1.54, 1.807) is 0 Å². The van der Waals surface area contributed by atoms with E-state index in [4.69, 9.17) is 0 Å². The lowest BCUT2D eigenvalue weighted by molar-refractivity contribution is -0.141. The summed E-state index contributed by atoms with van der Waals surface area (Å²) in [6.07, 6.45) is 1.00. The second-order valence-corrected chi connectivity index (χ2v) is 9.35. The molecule has 9 heteroatoms. The average Bonchev–Trinajstić information content (AvgIpc) is 2.96. The summed E-state index contributed by atoms with van der Waals surface area (Å²) < 4.78 is 37.8. The Labute approximate surface area is 166 Å². The fourth-order valence-electron chi connectivity index (χ4n) is 5.54. The van der Waals surface area contributed by atoms with Crippen molar-refractivity contribution in [1.82, 2.24) is 20.1 Å². The number of nitrogens with zero attached hydrogens (tertiary/aromatic N) is 3. The highest BCUT2D eigenvalue weighted by atomic mass is 19.4. The van der Waals surface area contributed by atoms with Crippen LogP contribution in [0, 0.1) is 11.3 Å². The number of carbonyl (C=O) groups is 2. The molecule has 156 valence electrons. The number of hydrogen-bond acceptors (Lipinski definition) is 3. The summed E-state index contributed by atoms with van der Waals surface area (Å²) in [4.78, 5) is 31.2. The van der Waals surface area contributed by atoms with Gasteiger partial charge >= 0.3 is 12.2 Å². The third kappa shape index (κ3) is 3.24. The Hall–Kier alpha value is -2.32. The monoisotopic (exact) mass is 408 g/mol. The number of carbonyl (C=O) groups excluding carboxylic acids is 2. The van der Waals surface area contributed by atoms with Gasteiger partial charge < -0.3 is 15.1 Å². The molecule has 1 saturated carbocycles. The molecule has 4 fully saturated rings. The lowest BCUT2D eigenvalue weighted by Crippen LogP contribution is -2.73. The van der Waals surface area contributed by atoms with Crippen LogP contribution in [-0.4, -0.2) is 58.4 Å². The van der Waals surface area contributed by atoms with Crippen molar-refractivity contribution in [3.05, 3.63) is 29.6 Å². The molecule has 6 nitrogen and oxygen atoms in total. The van der Waals surface area contributed by atoms with Gasteiger partial charge in [-0.05, 0) is 43.2 Å². The van der Waals surface area contributed by atoms with Gasteiger partial charge in [-0.25, -0.2) is 4.79 Å². The maximum Gasteiger partial charge on any atom is 0.433 e. The Morgan fingerprint density at radius 2 is 1.86 bits per heavy atom. The quantitative estimate of drug-likeness (QED) is 0.818. The van der Waals surface area contributed by atoms with Crippen molar-refractivity contribution >= 4 is 11.9 Å². The van der Waals surface area contributed by atoms with Gasteiger partial charge in [-0.3, -0.25) is 9.78 Å². The predicted octanol–water partition coefficient (Wildman–Crippen LogP) is 2.44. The Morgan fingerprint density at radius 1 is 1.17 bits per heavy atom. The van der Waals surface area contributed by atoms with Crippen LogP contribution in [0.25, 0.3) is 0 Å². The van der Waals surface area contributed by atoms with Gasteiger partial charge in [-0.1, -0.05) is 6.07 Å². The molecule has 3 saturated heterocycles. The van der Waals surface area contributed by atoms with E-state index in [1.807, 2.05) is 9.80 Å². The normalized spacial score (nSPS) is 24.9. The van der Waals surface area contributed by atoms with Crippen molar-refractivity contribution < 1.29 is 22.8 Å². The largest absolute Gasteiger partial charge is 0.433 e. The summed E-state index contributed by atoms with van der Waals surface area (Å²) >= 11 is 0. The fraction of sp³-hybridized carbons (Fsp3) is 0.650. The van der Waals surface area contributed by atoms with Crippen LogP contribution in [0.5, 0.6) is 0 Å². The molecule has 4 aliphatic rings. The van der Waals surface area contributed by atoms with E-state index < -0.39 is 11.9 Å². The molecule has 5 rings (SSSR count). The zero-order valence-electron chi connectivity index (χ0n) is 16.0. The first-order valence-electron chi connectivity index (χ1n) is 10.0. The van der Waals surface area contributed by atoms with Gasteiger partial charge in [0.2, 0.25) is 5.91 Å². The minimum atomic E-state index is -4.40. The molecule has 0 atom stereocenters. The van der Waals surface area contributed by atoms with E-state index in [0.717, 1.165) is 50.4 Å². The first-order chi connectivity index (χ1) is 13.7. The molecular formula is C20H23F3N4O2. The Balaban J connectivity index is 1.06. The van der Waals surface area contributed by atoms with Crippen molar-refractivity contribution in [2.24, 2.45) is 11.3 Å². The van der Waals surface area contributed by atoms with Crippen LogP contribution < -0.4 is 5.32 Å². The molecule has 2 spiro atoms. The van der Waals surface area contributed by atoms with Gasteiger partial charge in [0.05, 0.1) is 5.54 Å². The van der Waals surface area contributed by atoms with E-state index >= 15 is 0 Å². The molecule has 0 unspecified atom stereocenters. The first kappa shape index (κ1) is 18.7. The molecule has 3 amide bonds. The van der Waals surface area contributed by atoms with Gasteiger partial charge in [0.1, 0.15) is 5.69 Å². The van der Waals surface area contributed by atoms with Crippen LogP contribution in [0.3, 0.4) is 0 Å². The molecule has 4 heterocycles. The van der Waals surface area contributed by atoms with Crippen molar-refractivity contribution in [3.8, 4) is 0 Å². The smallest absolute Gasteiger partial charge is 0.347 e. The van der Waals surface area contributed by atoms with E-state index in [9.17, 15) is 22.8 Å². The zero-order chi connectivity index (χ0) is 20.4. The average molecular weight is 408 g/mol. The van der Waals surface area contributed by atoms with Crippen molar-refractivity contribution in [3.63, 3.8) is 0 Å². The van der Waals surface area contributed by atoms with Gasteiger partial charge in [-0.2, -0.15) is 13.2 Å². The van der Waals surface area contributed by atoms with Crippen LogP contribution in [0.15, 0.2) is 18.3 Å². The maximum absolute atomic E-state index is 12.6. The standard InChI is InChI=1S/C20H23F3N4O2/c21-20(22,23)15-2-1-13(8-24-15)5-14-6-18(7-14)9-26(10-18)17(29)27-11-19(12-27)4-3-16(28)25-19/h1-2,8,14H,3-7,9-12H2,(H,25,28). The number of aromatic nitrogens is 1. The van der Waals surface area contributed by atoms with Crippen LogP contribution in [0.1, 0.15) is 36.9 Å². The van der Waals surface area contributed by atoms with E-state index in [1.165, 1.54) is 12.3 Å². The minimum Gasteiger partial charge on any atom is -0.347 e. The number of amides is 3. The number of nitrogens with one attached hydrogen (secondary N) is 1. The molecule has 1 aromatic rings. The molecule has 0 radical (unpaired) electrons. The number of halogens is 3.